The highest BCUT2D eigenvalue weighted by molar-refractivity contribution is 6.44. The van der Waals surface area contributed by atoms with E-state index < -0.39 is 23.7 Å². The molecule has 0 N–H and O–H groups in total. The molecule has 0 radical (unpaired) electrons. The predicted octanol–water partition coefficient (Wildman–Crippen LogP) is 1.94. The molecule has 0 aromatic heterocycles. The van der Waals surface area contributed by atoms with Gasteiger partial charge in [-0.2, -0.15) is 0 Å². The molecule has 122 valence electrons. The Morgan fingerprint density at radius 2 is 1.87 bits per heavy atom. The summed E-state index contributed by atoms with van der Waals surface area (Å²) in [6, 6.07) is 4.83. The molecule has 4 amide bonds. The van der Waals surface area contributed by atoms with Gasteiger partial charge in [-0.15, -0.1) is 0 Å². The molecule has 0 atom stereocenters. The number of carbonyl (C=O) groups is 3. The number of carbonyl (C=O) groups excluding carboxylic acids is 3. The molecule has 1 aliphatic heterocycles. The van der Waals surface area contributed by atoms with E-state index in [9.17, 15) is 18.8 Å². The molecule has 2 fully saturated rings. The van der Waals surface area contributed by atoms with Crippen LogP contribution in [-0.2, 0) is 9.59 Å². The lowest BCUT2D eigenvalue weighted by Gasteiger charge is -2.21. The minimum atomic E-state index is -0.815. The van der Waals surface area contributed by atoms with Crippen LogP contribution >= 0.6 is 0 Å². The molecule has 0 unspecified atom stereocenters. The highest BCUT2D eigenvalue weighted by Crippen LogP contribution is 2.27. The summed E-state index contributed by atoms with van der Waals surface area (Å²) in [7, 11) is 0. The quantitative estimate of drug-likeness (QED) is 0.614. The number of rotatable bonds is 5. The molecule has 1 saturated carbocycles. The third-order valence-corrected chi connectivity index (χ3v) is 4.15. The Balaban J connectivity index is 1.60. The molecular weight excluding hydrogens is 303 g/mol. The third-order valence-electron chi connectivity index (χ3n) is 4.15. The number of imide groups is 2. The number of halogens is 1. The second-order valence-electron chi connectivity index (χ2n) is 5.66. The van der Waals surface area contributed by atoms with Crippen LogP contribution in [-0.4, -0.2) is 46.8 Å². The standard InChI is InChI=1S/C16H17FN2O4/c17-11-4-3-7-13(10-11)23-9-8-18-14(20)15(21)19(16(18)22)12-5-1-2-6-12/h3-4,7,10,12H,1-2,5-6,8-9H2. The minimum absolute atomic E-state index is 0.00667. The lowest BCUT2D eigenvalue weighted by atomic mass is 10.2. The van der Waals surface area contributed by atoms with Crippen molar-refractivity contribution in [3.05, 3.63) is 30.1 Å². The van der Waals surface area contributed by atoms with Gasteiger partial charge in [-0.1, -0.05) is 18.9 Å². The molecule has 1 saturated heterocycles. The average Bonchev–Trinajstić information content (AvgIpc) is 3.11. The van der Waals surface area contributed by atoms with E-state index in [4.69, 9.17) is 4.74 Å². The molecule has 0 spiro atoms. The average molecular weight is 320 g/mol. The monoisotopic (exact) mass is 320 g/mol. The molecule has 1 aromatic carbocycles. The van der Waals surface area contributed by atoms with Crippen molar-refractivity contribution in [1.29, 1.82) is 0 Å². The van der Waals surface area contributed by atoms with Gasteiger partial charge in [0.2, 0.25) is 0 Å². The fourth-order valence-electron chi connectivity index (χ4n) is 3.02. The van der Waals surface area contributed by atoms with Crippen molar-refractivity contribution < 1.29 is 23.5 Å². The van der Waals surface area contributed by atoms with Crippen molar-refractivity contribution in [3.8, 4) is 5.75 Å². The number of urea groups is 1. The lowest BCUT2D eigenvalue weighted by Crippen LogP contribution is -2.40. The summed E-state index contributed by atoms with van der Waals surface area (Å²) >= 11 is 0. The molecule has 2 aliphatic rings. The van der Waals surface area contributed by atoms with Gasteiger partial charge in [0, 0.05) is 12.1 Å². The third kappa shape index (κ3) is 3.04. The smallest absolute Gasteiger partial charge is 0.334 e. The molecule has 7 heteroatoms. The molecule has 6 nitrogen and oxygen atoms in total. The van der Waals surface area contributed by atoms with E-state index in [0.29, 0.717) is 5.75 Å². The van der Waals surface area contributed by atoms with Crippen LogP contribution in [0.1, 0.15) is 25.7 Å². The summed E-state index contributed by atoms with van der Waals surface area (Å²) < 4.78 is 18.4. The van der Waals surface area contributed by atoms with E-state index in [0.717, 1.165) is 35.5 Å². The van der Waals surface area contributed by atoms with Crippen LogP contribution in [0, 0.1) is 5.82 Å². The van der Waals surface area contributed by atoms with E-state index in [1.807, 2.05) is 0 Å². The first-order valence-corrected chi connectivity index (χ1v) is 7.65. The van der Waals surface area contributed by atoms with Crippen LogP contribution < -0.4 is 4.74 Å². The Labute approximate surface area is 132 Å². The summed E-state index contributed by atoms with van der Waals surface area (Å²) in [4.78, 5) is 38.3. The van der Waals surface area contributed by atoms with Crippen LogP contribution in [0.25, 0.3) is 0 Å². The Bertz CT molecular complexity index is 643. The van der Waals surface area contributed by atoms with Gasteiger partial charge in [-0.25, -0.2) is 9.18 Å². The zero-order chi connectivity index (χ0) is 16.4. The van der Waals surface area contributed by atoms with Gasteiger partial charge in [0.05, 0.1) is 6.54 Å². The van der Waals surface area contributed by atoms with Gasteiger partial charge in [-0.05, 0) is 25.0 Å². The number of ether oxygens (including phenoxy) is 1. The van der Waals surface area contributed by atoms with Crippen molar-refractivity contribution in [2.45, 2.75) is 31.7 Å². The van der Waals surface area contributed by atoms with Gasteiger partial charge in [0.25, 0.3) is 0 Å². The second-order valence-corrected chi connectivity index (χ2v) is 5.66. The Kier molecular flexibility index (Phi) is 4.27. The van der Waals surface area contributed by atoms with Crippen molar-refractivity contribution in [1.82, 2.24) is 9.80 Å². The zero-order valence-corrected chi connectivity index (χ0v) is 12.5. The normalized spacial score (nSPS) is 19.1. The van der Waals surface area contributed by atoms with Crippen molar-refractivity contribution in [3.63, 3.8) is 0 Å². The highest BCUT2D eigenvalue weighted by atomic mass is 19.1. The molecule has 1 heterocycles. The summed E-state index contributed by atoms with van der Waals surface area (Å²) in [6.45, 7) is -0.0319. The second kappa shape index (κ2) is 6.36. The van der Waals surface area contributed by atoms with E-state index >= 15 is 0 Å². The van der Waals surface area contributed by atoms with E-state index in [2.05, 4.69) is 0 Å². The van der Waals surface area contributed by atoms with Crippen LogP contribution in [0.4, 0.5) is 9.18 Å². The summed E-state index contributed by atoms with van der Waals surface area (Å²) in [5, 5.41) is 0. The number of nitrogens with zero attached hydrogens (tertiary/aromatic N) is 2. The lowest BCUT2D eigenvalue weighted by molar-refractivity contribution is -0.144. The van der Waals surface area contributed by atoms with Gasteiger partial charge < -0.3 is 4.74 Å². The van der Waals surface area contributed by atoms with E-state index in [1.54, 1.807) is 6.07 Å². The van der Waals surface area contributed by atoms with Gasteiger partial charge >= 0.3 is 17.8 Å². The number of benzene rings is 1. The first kappa shape index (κ1) is 15.5. The topological polar surface area (TPSA) is 66.9 Å². The van der Waals surface area contributed by atoms with Crippen LogP contribution in [0.3, 0.4) is 0 Å². The Morgan fingerprint density at radius 1 is 1.13 bits per heavy atom. The van der Waals surface area contributed by atoms with Gasteiger partial charge in [0.1, 0.15) is 18.2 Å². The van der Waals surface area contributed by atoms with Crippen LogP contribution in [0.15, 0.2) is 24.3 Å². The number of hydrogen-bond donors (Lipinski definition) is 0. The molecule has 1 aromatic rings. The van der Waals surface area contributed by atoms with Crippen LogP contribution in [0.5, 0.6) is 5.75 Å². The fraction of sp³-hybridized carbons (Fsp3) is 0.438. The maximum atomic E-state index is 13.0. The first-order valence-electron chi connectivity index (χ1n) is 7.65. The number of amides is 4. The summed E-state index contributed by atoms with van der Waals surface area (Å²) in [5.41, 5.74) is 0. The molecule has 3 rings (SSSR count). The number of hydrogen-bond acceptors (Lipinski definition) is 4. The van der Waals surface area contributed by atoms with Crippen molar-refractivity contribution >= 4 is 17.8 Å². The molecule has 1 aliphatic carbocycles. The van der Waals surface area contributed by atoms with E-state index in [1.165, 1.54) is 18.2 Å². The SMILES string of the molecule is O=C1C(=O)N(C2CCCC2)C(=O)N1CCOc1cccc(F)c1. The van der Waals surface area contributed by atoms with Gasteiger partial charge in [-0.3, -0.25) is 19.4 Å². The zero-order valence-electron chi connectivity index (χ0n) is 12.5. The minimum Gasteiger partial charge on any atom is -0.492 e. The molecule has 23 heavy (non-hydrogen) atoms. The van der Waals surface area contributed by atoms with Gasteiger partial charge in [0.15, 0.2) is 0 Å². The van der Waals surface area contributed by atoms with Crippen molar-refractivity contribution in [2.24, 2.45) is 0 Å². The summed E-state index contributed by atoms with van der Waals surface area (Å²) in [5.74, 6) is -1.70. The van der Waals surface area contributed by atoms with E-state index in [-0.39, 0.29) is 19.2 Å². The van der Waals surface area contributed by atoms with Crippen molar-refractivity contribution in [2.75, 3.05) is 13.2 Å². The summed E-state index contributed by atoms with van der Waals surface area (Å²) in [6.07, 6.45) is 3.41. The fourth-order valence-corrected chi connectivity index (χ4v) is 3.02. The molecule has 0 bridgehead atoms. The first-order chi connectivity index (χ1) is 11.1. The predicted molar refractivity (Wildman–Crippen MR) is 78.1 cm³/mol. The largest absolute Gasteiger partial charge is 0.492 e. The maximum Gasteiger partial charge on any atom is 0.334 e. The van der Waals surface area contributed by atoms with Crippen LogP contribution in [0.2, 0.25) is 0 Å². The Hall–Kier alpha value is -2.44. The molecular formula is C16H17FN2O4. The Morgan fingerprint density at radius 3 is 2.57 bits per heavy atom. The maximum absolute atomic E-state index is 13.0. The highest BCUT2D eigenvalue weighted by Gasteiger charge is 2.47.